The van der Waals surface area contributed by atoms with E-state index in [2.05, 4.69) is 0 Å². The average Bonchev–Trinajstić information content (AvgIpc) is 2.55. The van der Waals surface area contributed by atoms with Crippen molar-refractivity contribution < 1.29 is 9.90 Å². The van der Waals surface area contributed by atoms with Crippen molar-refractivity contribution in [2.75, 3.05) is 0 Å². The summed E-state index contributed by atoms with van der Waals surface area (Å²) in [6, 6.07) is 5.60. The van der Waals surface area contributed by atoms with Gasteiger partial charge in [-0.05, 0) is 18.1 Å². The molecule has 1 heterocycles. The van der Waals surface area contributed by atoms with Gasteiger partial charge >= 0.3 is 11.7 Å². The Morgan fingerprint density at radius 2 is 2.00 bits per heavy atom. The maximum atomic E-state index is 11.9. The Kier molecular flexibility index (Phi) is 2.98. The fourth-order valence-corrected chi connectivity index (χ4v) is 2.24. The molecule has 1 N–H and O–H groups in total. The monoisotopic (exact) mass is 248 g/mol. The van der Waals surface area contributed by atoms with Crippen molar-refractivity contribution in [3.63, 3.8) is 0 Å². The van der Waals surface area contributed by atoms with Gasteiger partial charge in [0.2, 0.25) is 0 Å². The van der Waals surface area contributed by atoms with E-state index in [1.165, 1.54) is 0 Å². The molecule has 0 aliphatic rings. The Bertz CT molecular complexity index is 667. The molecule has 0 amide bonds. The van der Waals surface area contributed by atoms with E-state index in [-0.39, 0.29) is 5.69 Å². The summed E-state index contributed by atoms with van der Waals surface area (Å²) in [4.78, 5) is 22.8. The number of aromatic nitrogens is 2. The van der Waals surface area contributed by atoms with Gasteiger partial charge in [0, 0.05) is 14.1 Å². The molecule has 0 spiro atoms. The van der Waals surface area contributed by atoms with Gasteiger partial charge in [-0.2, -0.15) is 0 Å². The first-order chi connectivity index (χ1) is 8.43. The summed E-state index contributed by atoms with van der Waals surface area (Å²) in [5.41, 5.74) is 2.44. The van der Waals surface area contributed by atoms with Crippen LogP contribution >= 0.6 is 0 Å². The zero-order valence-corrected chi connectivity index (χ0v) is 10.7. The molecular formula is C13H16N2O3. The summed E-state index contributed by atoms with van der Waals surface area (Å²) in [6.45, 7) is 1.67. The second kappa shape index (κ2) is 4.33. The highest BCUT2D eigenvalue weighted by atomic mass is 16.4. The molecule has 1 atom stereocenters. The van der Waals surface area contributed by atoms with Crippen LogP contribution in [0.4, 0.5) is 0 Å². The smallest absolute Gasteiger partial charge is 0.328 e. The average molecular weight is 248 g/mol. The number of fused-ring (bicyclic) bond motifs is 1. The number of hydrogen-bond donors (Lipinski definition) is 1. The molecule has 0 radical (unpaired) electrons. The molecule has 5 nitrogen and oxygen atoms in total. The first kappa shape index (κ1) is 12.4. The van der Waals surface area contributed by atoms with E-state index in [0.29, 0.717) is 6.42 Å². The van der Waals surface area contributed by atoms with Gasteiger partial charge in [0.1, 0.15) is 0 Å². The number of benzene rings is 1. The van der Waals surface area contributed by atoms with Crippen LogP contribution in [0.5, 0.6) is 0 Å². The molecule has 0 saturated carbocycles. The Morgan fingerprint density at radius 3 is 2.61 bits per heavy atom. The molecule has 2 rings (SSSR count). The van der Waals surface area contributed by atoms with E-state index in [1.54, 1.807) is 30.2 Å². The normalized spacial score (nSPS) is 12.8. The lowest BCUT2D eigenvalue weighted by atomic mass is 10.00. The SMILES string of the molecule is CC(Cc1cccc2c1n(C)c(=O)n2C)C(=O)O. The molecule has 0 fully saturated rings. The number of rotatable bonds is 3. The maximum Gasteiger partial charge on any atom is 0.328 e. The van der Waals surface area contributed by atoms with Crippen molar-refractivity contribution in [2.24, 2.45) is 20.0 Å². The van der Waals surface area contributed by atoms with Gasteiger partial charge in [0.15, 0.2) is 0 Å². The number of nitrogens with zero attached hydrogens (tertiary/aromatic N) is 2. The first-order valence-corrected chi connectivity index (χ1v) is 5.79. The fraction of sp³-hybridized carbons (Fsp3) is 0.385. The lowest BCUT2D eigenvalue weighted by Crippen LogP contribution is -2.19. The van der Waals surface area contributed by atoms with Gasteiger partial charge < -0.3 is 5.11 Å². The highest BCUT2D eigenvalue weighted by Crippen LogP contribution is 2.20. The summed E-state index contributed by atoms with van der Waals surface area (Å²) in [5.74, 6) is -1.29. The van der Waals surface area contributed by atoms with E-state index in [9.17, 15) is 9.59 Å². The van der Waals surface area contributed by atoms with Crippen LogP contribution in [-0.2, 0) is 25.3 Å². The van der Waals surface area contributed by atoms with Crippen LogP contribution < -0.4 is 5.69 Å². The van der Waals surface area contributed by atoms with E-state index in [1.807, 2.05) is 18.2 Å². The molecule has 5 heteroatoms. The lowest BCUT2D eigenvalue weighted by Gasteiger charge is -2.08. The largest absolute Gasteiger partial charge is 0.481 e. The van der Waals surface area contributed by atoms with Crippen LogP contribution in [0.3, 0.4) is 0 Å². The Hall–Kier alpha value is -2.04. The highest BCUT2D eigenvalue weighted by Gasteiger charge is 2.16. The number of hydrogen-bond acceptors (Lipinski definition) is 2. The number of carboxylic acid groups (broad SMARTS) is 1. The summed E-state index contributed by atoms with van der Waals surface area (Å²) < 4.78 is 3.14. The van der Waals surface area contributed by atoms with Crippen LogP contribution in [0, 0.1) is 5.92 Å². The summed E-state index contributed by atoms with van der Waals surface area (Å²) in [5, 5.41) is 8.97. The predicted molar refractivity (Wildman–Crippen MR) is 68.7 cm³/mol. The van der Waals surface area contributed by atoms with Crippen LogP contribution in [0.2, 0.25) is 0 Å². The van der Waals surface area contributed by atoms with Gasteiger partial charge in [0.25, 0.3) is 0 Å². The molecule has 0 aliphatic carbocycles. The first-order valence-electron chi connectivity index (χ1n) is 5.79. The van der Waals surface area contributed by atoms with E-state index < -0.39 is 11.9 Å². The van der Waals surface area contributed by atoms with Crippen molar-refractivity contribution in [3.8, 4) is 0 Å². The van der Waals surface area contributed by atoms with Crippen molar-refractivity contribution in [3.05, 3.63) is 34.2 Å². The third-order valence-electron chi connectivity index (χ3n) is 3.32. The third-order valence-corrected chi connectivity index (χ3v) is 3.32. The van der Waals surface area contributed by atoms with Crippen LogP contribution in [-0.4, -0.2) is 20.2 Å². The molecule has 0 saturated heterocycles. The minimum absolute atomic E-state index is 0.0968. The molecule has 96 valence electrons. The predicted octanol–water partition coefficient (Wildman–Crippen LogP) is 1.14. The standard InChI is InChI=1S/C13H16N2O3/c1-8(12(16)17)7-9-5-4-6-10-11(9)15(3)13(18)14(10)2/h4-6,8H,7H2,1-3H3,(H,16,17). The maximum absolute atomic E-state index is 11.9. The van der Waals surface area contributed by atoms with Crippen molar-refractivity contribution in [1.82, 2.24) is 9.13 Å². The fourth-order valence-electron chi connectivity index (χ4n) is 2.24. The topological polar surface area (TPSA) is 64.2 Å². The zero-order chi connectivity index (χ0) is 13.4. The van der Waals surface area contributed by atoms with Crippen molar-refractivity contribution in [2.45, 2.75) is 13.3 Å². The summed E-state index contributed by atoms with van der Waals surface area (Å²) >= 11 is 0. The van der Waals surface area contributed by atoms with E-state index in [0.717, 1.165) is 16.6 Å². The highest BCUT2D eigenvalue weighted by molar-refractivity contribution is 5.80. The van der Waals surface area contributed by atoms with E-state index >= 15 is 0 Å². The van der Waals surface area contributed by atoms with Crippen LogP contribution in [0.25, 0.3) is 11.0 Å². The molecular weight excluding hydrogens is 232 g/mol. The number of carboxylic acids is 1. The second-order valence-electron chi connectivity index (χ2n) is 4.63. The molecule has 2 aromatic rings. The molecule has 1 unspecified atom stereocenters. The van der Waals surface area contributed by atoms with Crippen molar-refractivity contribution in [1.29, 1.82) is 0 Å². The number of para-hydroxylation sites is 1. The Labute approximate surface area is 104 Å². The number of aliphatic carboxylic acids is 1. The quantitative estimate of drug-likeness (QED) is 0.885. The van der Waals surface area contributed by atoms with Gasteiger partial charge in [-0.15, -0.1) is 0 Å². The number of aryl methyl sites for hydroxylation is 2. The minimum atomic E-state index is -0.826. The lowest BCUT2D eigenvalue weighted by molar-refractivity contribution is -0.141. The minimum Gasteiger partial charge on any atom is -0.481 e. The van der Waals surface area contributed by atoms with Crippen LogP contribution in [0.1, 0.15) is 12.5 Å². The van der Waals surface area contributed by atoms with Gasteiger partial charge in [0.05, 0.1) is 17.0 Å². The Morgan fingerprint density at radius 1 is 1.33 bits per heavy atom. The summed E-state index contributed by atoms with van der Waals surface area (Å²) in [7, 11) is 3.43. The van der Waals surface area contributed by atoms with Crippen molar-refractivity contribution >= 4 is 17.0 Å². The summed E-state index contributed by atoms with van der Waals surface area (Å²) in [6.07, 6.45) is 0.421. The van der Waals surface area contributed by atoms with Gasteiger partial charge in [-0.25, -0.2) is 4.79 Å². The zero-order valence-electron chi connectivity index (χ0n) is 10.7. The Balaban J connectivity index is 2.62. The van der Waals surface area contributed by atoms with E-state index in [4.69, 9.17) is 5.11 Å². The van der Waals surface area contributed by atoms with Gasteiger partial charge in [-0.3, -0.25) is 13.9 Å². The molecule has 1 aromatic carbocycles. The second-order valence-corrected chi connectivity index (χ2v) is 4.63. The van der Waals surface area contributed by atoms with Gasteiger partial charge in [-0.1, -0.05) is 19.1 Å². The molecule has 0 bridgehead atoms. The number of carbonyl (C=O) groups is 1. The molecule has 18 heavy (non-hydrogen) atoms. The molecule has 0 aliphatic heterocycles. The number of imidazole rings is 1. The third kappa shape index (κ3) is 1.81. The van der Waals surface area contributed by atoms with Crippen LogP contribution in [0.15, 0.2) is 23.0 Å². The molecule has 1 aromatic heterocycles.